The zero-order chi connectivity index (χ0) is 19.9. The maximum Gasteiger partial charge on any atom is 0.175 e. The number of nitrogens with one attached hydrogen (secondary N) is 1. The fourth-order valence-corrected chi connectivity index (χ4v) is 4.03. The van der Waals surface area contributed by atoms with Crippen LogP contribution in [0.3, 0.4) is 0 Å². The minimum Gasteiger partial charge on any atom is -0.395 e. The van der Waals surface area contributed by atoms with Crippen LogP contribution in [0.15, 0.2) is 42.1 Å². The van der Waals surface area contributed by atoms with E-state index >= 15 is 0 Å². The number of aliphatic hydroxyl groups excluding tert-OH is 1. The first kappa shape index (κ1) is 20.8. The Morgan fingerprint density at radius 2 is 1.68 bits per heavy atom. The van der Waals surface area contributed by atoms with Gasteiger partial charge in [-0.25, -0.2) is 0 Å². The molecule has 0 bridgehead atoms. The van der Waals surface area contributed by atoms with E-state index in [0.717, 1.165) is 44.8 Å². The summed E-state index contributed by atoms with van der Waals surface area (Å²) < 4.78 is 0. The molecule has 3 rings (SSSR count). The summed E-state index contributed by atoms with van der Waals surface area (Å²) in [6.07, 6.45) is 2.22. The van der Waals surface area contributed by atoms with Gasteiger partial charge >= 0.3 is 0 Å². The van der Waals surface area contributed by atoms with Gasteiger partial charge in [0, 0.05) is 57.9 Å². The lowest BCUT2D eigenvalue weighted by atomic mass is 9.66. The Labute approximate surface area is 168 Å². The molecule has 7 heteroatoms. The molecule has 150 valence electrons. The SMILES string of the molecule is BC1CC(c2ccccc2)C(=O)/C(=C\NCCN2CCN(CCO)CC2)C1=O. The van der Waals surface area contributed by atoms with Crippen molar-refractivity contribution in [1.82, 2.24) is 15.1 Å². The first-order valence-electron chi connectivity index (χ1n) is 10.2. The minimum absolute atomic E-state index is 0.0534. The van der Waals surface area contributed by atoms with E-state index in [9.17, 15) is 9.59 Å². The van der Waals surface area contributed by atoms with Crippen molar-refractivity contribution in [3.63, 3.8) is 0 Å². The number of Topliss-reactive ketones (excluding diaryl/α,β-unsaturated/α-hetero) is 2. The summed E-state index contributed by atoms with van der Waals surface area (Å²) in [6, 6.07) is 9.74. The Bertz CT molecular complexity index is 702. The number of carbonyl (C=O) groups is 2. The van der Waals surface area contributed by atoms with Crippen LogP contribution in [0.5, 0.6) is 0 Å². The summed E-state index contributed by atoms with van der Waals surface area (Å²) in [5.41, 5.74) is 1.29. The topological polar surface area (TPSA) is 72.9 Å². The lowest BCUT2D eigenvalue weighted by Crippen LogP contribution is -2.48. The monoisotopic (exact) mass is 383 g/mol. The second-order valence-electron chi connectivity index (χ2n) is 7.75. The second kappa shape index (κ2) is 10.0. The third-order valence-corrected chi connectivity index (χ3v) is 5.79. The highest BCUT2D eigenvalue weighted by Gasteiger charge is 2.37. The number of allylic oxidation sites excluding steroid dienone is 1. The average molecular weight is 383 g/mol. The molecule has 1 saturated heterocycles. The van der Waals surface area contributed by atoms with Crippen LogP contribution in [0.1, 0.15) is 17.9 Å². The molecule has 1 aromatic rings. The number of ketones is 2. The van der Waals surface area contributed by atoms with Gasteiger partial charge in [0.1, 0.15) is 7.85 Å². The van der Waals surface area contributed by atoms with Crippen LogP contribution in [0, 0.1) is 0 Å². The van der Waals surface area contributed by atoms with Gasteiger partial charge in [-0.1, -0.05) is 30.3 Å². The van der Waals surface area contributed by atoms with Crippen LogP contribution >= 0.6 is 0 Å². The number of hydrogen-bond donors (Lipinski definition) is 2. The van der Waals surface area contributed by atoms with Crippen molar-refractivity contribution in [3.8, 4) is 0 Å². The van der Waals surface area contributed by atoms with Gasteiger partial charge < -0.3 is 10.4 Å². The zero-order valence-corrected chi connectivity index (χ0v) is 16.6. The maximum absolute atomic E-state index is 12.9. The summed E-state index contributed by atoms with van der Waals surface area (Å²) in [6.45, 7) is 6.41. The third-order valence-electron chi connectivity index (χ3n) is 5.79. The van der Waals surface area contributed by atoms with Gasteiger partial charge in [-0.15, -0.1) is 0 Å². The molecule has 0 spiro atoms. The van der Waals surface area contributed by atoms with Gasteiger partial charge in [0.2, 0.25) is 0 Å². The van der Waals surface area contributed by atoms with Crippen molar-refractivity contribution >= 4 is 19.4 Å². The molecule has 1 aliphatic carbocycles. The molecular weight excluding hydrogens is 353 g/mol. The maximum atomic E-state index is 12.9. The van der Waals surface area contributed by atoms with Crippen LogP contribution < -0.4 is 5.32 Å². The highest BCUT2D eigenvalue weighted by atomic mass is 16.3. The highest BCUT2D eigenvalue weighted by molar-refractivity contribution is 6.36. The number of hydrogen-bond acceptors (Lipinski definition) is 6. The van der Waals surface area contributed by atoms with Crippen molar-refractivity contribution in [2.24, 2.45) is 0 Å². The van der Waals surface area contributed by atoms with Gasteiger partial charge in [0.25, 0.3) is 0 Å². The predicted molar refractivity (Wildman–Crippen MR) is 112 cm³/mol. The molecule has 1 saturated carbocycles. The number of aliphatic hydroxyl groups is 1. The molecule has 0 amide bonds. The molecule has 1 aromatic carbocycles. The van der Waals surface area contributed by atoms with E-state index in [1.807, 2.05) is 38.2 Å². The smallest absolute Gasteiger partial charge is 0.175 e. The molecule has 2 unspecified atom stereocenters. The van der Waals surface area contributed by atoms with Crippen LogP contribution in [0.25, 0.3) is 0 Å². The quantitative estimate of drug-likeness (QED) is 0.295. The highest BCUT2D eigenvalue weighted by Crippen LogP contribution is 2.35. The Balaban J connectivity index is 1.53. The van der Waals surface area contributed by atoms with E-state index in [4.69, 9.17) is 5.11 Å². The summed E-state index contributed by atoms with van der Waals surface area (Å²) in [5, 5.41) is 12.2. The van der Waals surface area contributed by atoms with Crippen LogP contribution in [-0.2, 0) is 9.59 Å². The number of rotatable bonds is 7. The Morgan fingerprint density at radius 1 is 1.04 bits per heavy atom. The number of carbonyl (C=O) groups excluding carboxylic acids is 2. The first-order chi connectivity index (χ1) is 13.6. The molecule has 6 nitrogen and oxygen atoms in total. The van der Waals surface area contributed by atoms with Crippen molar-refractivity contribution < 1.29 is 14.7 Å². The van der Waals surface area contributed by atoms with Crippen molar-refractivity contribution in [1.29, 1.82) is 0 Å². The van der Waals surface area contributed by atoms with Gasteiger partial charge in [0.15, 0.2) is 11.6 Å². The number of piperazine rings is 1. The third kappa shape index (κ3) is 5.10. The molecule has 1 heterocycles. The minimum atomic E-state index is -0.235. The summed E-state index contributed by atoms with van der Waals surface area (Å²) in [4.78, 5) is 30.1. The van der Waals surface area contributed by atoms with Crippen molar-refractivity contribution in [2.45, 2.75) is 18.2 Å². The normalized spacial score (nSPS) is 26.0. The number of nitrogens with zero attached hydrogens (tertiary/aromatic N) is 2. The van der Waals surface area contributed by atoms with Crippen LogP contribution in [0.4, 0.5) is 0 Å². The lowest BCUT2D eigenvalue weighted by molar-refractivity contribution is -0.124. The van der Waals surface area contributed by atoms with E-state index < -0.39 is 0 Å². The fourth-order valence-electron chi connectivity index (χ4n) is 4.03. The van der Waals surface area contributed by atoms with Gasteiger partial charge in [-0.05, 0) is 17.8 Å². The molecule has 2 fully saturated rings. The van der Waals surface area contributed by atoms with E-state index in [1.54, 1.807) is 6.20 Å². The molecule has 0 aromatic heterocycles. The van der Waals surface area contributed by atoms with E-state index in [-0.39, 0.29) is 29.9 Å². The molecule has 2 atom stereocenters. The predicted octanol–water partition coefficient (Wildman–Crippen LogP) is -0.183. The van der Waals surface area contributed by atoms with Crippen LogP contribution in [0.2, 0.25) is 5.82 Å². The molecule has 2 N–H and O–H groups in total. The number of benzene rings is 1. The van der Waals surface area contributed by atoms with Crippen molar-refractivity contribution in [2.75, 3.05) is 52.4 Å². The Kier molecular flexibility index (Phi) is 7.42. The van der Waals surface area contributed by atoms with Gasteiger partial charge in [0.05, 0.1) is 12.2 Å². The largest absolute Gasteiger partial charge is 0.395 e. The molecule has 0 radical (unpaired) electrons. The summed E-state index contributed by atoms with van der Waals surface area (Å²) in [7, 11) is 1.91. The molecular formula is C21H30BN3O3. The van der Waals surface area contributed by atoms with Gasteiger partial charge in [-0.2, -0.15) is 0 Å². The fraction of sp³-hybridized carbons (Fsp3) is 0.524. The van der Waals surface area contributed by atoms with Crippen molar-refractivity contribution in [3.05, 3.63) is 47.7 Å². The first-order valence-corrected chi connectivity index (χ1v) is 10.2. The van der Waals surface area contributed by atoms with E-state index in [2.05, 4.69) is 15.1 Å². The lowest BCUT2D eigenvalue weighted by Gasteiger charge is -2.34. The van der Waals surface area contributed by atoms with Gasteiger partial charge in [-0.3, -0.25) is 19.4 Å². The standard InChI is InChI=1S/C21H30BN3O3/c22-19-14-17(16-4-2-1-3-5-16)20(27)18(21(19)28)15-23-6-7-24-8-10-25(11-9-24)12-13-26/h1-5,15,17,19,23,26H,6-14,22H2/b18-15+. The van der Waals surface area contributed by atoms with E-state index in [1.165, 1.54) is 0 Å². The second-order valence-corrected chi connectivity index (χ2v) is 7.75. The number of β-amino-alcohol motifs (C(OH)–C–C–N with tert-alkyl or cyclic N) is 1. The summed E-state index contributed by atoms with van der Waals surface area (Å²) >= 11 is 0. The molecule has 28 heavy (non-hydrogen) atoms. The average Bonchev–Trinajstić information content (AvgIpc) is 2.72. The summed E-state index contributed by atoms with van der Waals surface area (Å²) in [5.74, 6) is -0.501. The molecule has 1 aliphatic heterocycles. The zero-order valence-electron chi connectivity index (χ0n) is 16.6. The van der Waals surface area contributed by atoms with E-state index in [0.29, 0.717) is 18.5 Å². The van der Waals surface area contributed by atoms with Crippen LogP contribution in [-0.4, -0.2) is 86.7 Å². The molecule has 2 aliphatic rings. The Hall–Kier alpha value is -1.96. The Morgan fingerprint density at radius 3 is 2.32 bits per heavy atom.